The van der Waals surface area contributed by atoms with Crippen molar-refractivity contribution in [2.45, 2.75) is 286 Å². The van der Waals surface area contributed by atoms with Crippen molar-refractivity contribution in [1.29, 1.82) is 0 Å². The molecule has 0 aliphatic rings. The summed E-state index contributed by atoms with van der Waals surface area (Å²) in [5.41, 5.74) is 1.08. The summed E-state index contributed by atoms with van der Waals surface area (Å²) in [5, 5.41) is 10.5. The molecule has 0 unspecified atom stereocenters. The van der Waals surface area contributed by atoms with Crippen LogP contribution in [0.5, 0.6) is 5.75 Å². The summed E-state index contributed by atoms with van der Waals surface area (Å²) >= 11 is -0.0825. The zero-order chi connectivity index (χ0) is 42.7. The second kappa shape index (κ2) is 36.7. The van der Waals surface area contributed by atoms with Gasteiger partial charge in [-0.05, 0) is 27.5 Å². The van der Waals surface area contributed by atoms with Gasteiger partial charge >= 0.3 is 173 Å². The van der Waals surface area contributed by atoms with Gasteiger partial charge in [0.2, 0.25) is 0 Å². The minimum atomic E-state index is -4.63. The standard InChI is InChI=1S/2C18H37.C15H25O4P.Bi/c2*1-3-5-7-9-11-13-15-17-18-16-14-12-10-8-6-4-2;1-14(2,3)11-7-10(9-20(17,18)19)8-12(13(11)16)15(4,5)6;/h2*1,3-18H2,2H3;7-8,16H,9H2,1-6H3,(H2,17,18,19);/q;;;+2/p-2. The average Bonchev–Trinajstić information content (AvgIpc) is 3.13. The van der Waals surface area contributed by atoms with E-state index in [2.05, 4.69) is 13.8 Å². The molecular formula is C51H97BiO4P. The molecule has 0 aliphatic carbocycles. The van der Waals surface area contributed by atoms with Crippen LogP contribution in [0.4, 0.5) is 0 Å². The molecule has 57 heavy (non-hydrogen) atoms. The first-order valence-corrected chi connectivity index (χ1v) is 31.3. The third-order valence-corrected chi connectivity index (χ3v) is 17.2. The van der Waals surface area contributed by atoms with Crippen molar-refractivity contribution >= 4 is 30.8 Å². The Labute approximate surface area is 368 Å². The molecule has 1 aromatic carbocycles. The van der Waals surface area contributed by atoms with Crippen LogP contribution in [0.25, 0.3) is 0 Å². The summed E-state index contributed by atoms with van der Waals surface area (Å²) in [7, 11) is -4.63. The molecule has 335 valence electrons. The van der Waals surface area contributed by atoms with E-state index < -0.39 is 13.8 Å². The normalized spacial score (nSPS) is 12.2. The van der Waals surface area contributed by atoms with E-state index in [-0.39, 0.29) is 39.8 Å². The van der Waals surface area contributed by atoms with Crippen molar-refractivity contribution in [2.75, 3.05) is 0 Å². The topological polar surface area (TPSA) is 83.4 Å². The maximum atomic E-state index is 11.0. The fourth-order valence-corrected chi connectivity index (χ4v) is 12.8. The molecule has 6 heteroatoms. The van der Waals surface area contributed by atoms with Crippen LogP contribution < -0.4 is 9.79 Å². The number of aromatic hydroxyl groups is 1. The molecule has 0 aromatic heterocycles. The van der Waals surface area contributed by atoms with E-state index in [1.165, 1.54) is 180 Å². The molecule has 1 rings (SSSR count). The van der Waals surface area contributed by atoms with Gasteiger partial charge in [-0.2, -0.15) is 0 Å². The molecule has 4 nitrogen and oxygen atoms in total. The molecule has 0 aliphatic heterocycles. The number of hydrogen-bond acceptors (Lipinski definition) is 4. The molecule has 0 heterocycles. The van der Waals surface area contributed by atoms with Crippen LogP contribution in [0.2, 0.25) is 8.26 Å². The number of unbranched alkanes of at least 4 members (excludes halogenated alkanes) is 30. The van der Waals surface area contributed by atoms with Gasteiger partial charge in [-0.25, -0.2) is 0 Å². The van der Waals surface area contributed by atoms with E-state index in [1.807, 2.05) is 41.5 Å². The van der Waals surface area contributed by atoms with Crippen molar-refractivity contribution in [2.24, 2.45) is 0 Å². The number of rotatable bonds is 36. The van der Waals surface area contributed by atoms with Gasteiger partial charge in [-0.15, -0.1) is 0 Å². The summed E-state index contributed by atoms with van der Waals surface area (Å²) in [6.07, 6.45) is 47.4. The van der Waals surface area contributed by atoms with Gasteiger partial charge in [0.1, 0.15) is 5.75 Å². The van der Waals surface area contributed by atoms with E-state index >= 15 is 0 Å². The van der Waals surface area contributed by atoms with Gasteiger partial charge in [0.15, 0.2) is 0 Å². The number of benzene rings is 1. The van der Waals surface area contributed by atoms with Crippen molar-refractivity contribution in [1.82, 2.24) is 0 Å². The molecule has 0 atom stereocenters. The quantitative estimate of drug-likeness (QED) is 0.0412. The Bertz CT molecular complexity index is 1020. The SMILES string of the molecule is CC(C)(C)c1cc(CP(=O)([O-])[O-])cc(C(C)(C)C)c1O.CCCCCCCCCCCCCCCCC[CH2][Bi+2][CH2]CCCCCCCCCCCCCCCCC. The maximum absolute atomic E-state index is 11.0. The van der Waals surface area contributed by atoms with Gasteiger partial charge in [0.05, 0.1) is 0 Å². The van der Waals surface area contributed by atoms with Crippen molar-refractivity contribution in [3.8, 4) is 5.75 Å². The molecule has 0 amide bonds. The fourth-order valence-electron chi connectivity index (χ4n) is 7.81. The smallest absolute Gasteiger partial charge is 0.0654 e. The van der Waals surface area contributed by atoms with Gasteiger partial charge in [-0.3, -0.25) is 0 Å². The van der Waals surface area contributed by atoms with E-state index in [0.717, 1.165) is 0 Å². The van der Waals surface area contributed by atoms with E-state index in [1.54, 1.807) is 46.1 Å². The Balaban J connectivity index is 0.00000131. The molecule has 0 saturated heterocycles. The first-order valence-electron chi connectivity index (χ1n) is 24.6. The third-order valence-electron chi connectivity index (χ3n) is 11.5. The third kappa shape index (κ3) is 36.4. The summed E-state index contributed by atoms with van der Waals surface area (Å²) in [6, 6.07) is 3.24. The van der Waals surface area contributed by atoms with Crippen LogP contribution in [0.3, 0.4) is 0 Å². The second-order valence-electron chi connectivity index (χ2n) is 19.6. The van der Waals surface area contributed by atoms with Crippen molar-refractivity contribution in [3.05, 3.63) is 28.8 Å². The van der Waals surface area contributed by atoms with E-state index in [9.17, 15) is 19.5 Å². The molecule has 1 aromatic rings. The molecule has 0 saturated carbocycles. The van der Waals surface area contributed by atoms with Crippen molar-refractivity contribution in [3.63, 3.8) is 0 Å². The number of phenols is 1. The minimum Gasteiger partial charge on any atom is -0.0654 e. The Morgan fingerprint density at radius 1 is 0.456 bits per heavy atom. The molecule has 1 radical (unpaired) electrons. The van der Waals surface area contributed by atoms with Crippen LogP contribution >= 0.6 is 7.60 Å². The summed E-state index contributed by atoms with van der Waals surface area (Å²) < 4.78 is 14.4. The monoisotopic (exact) mass is 1010 g/mol. The Hall–Kier alpha value is 0.0531. The van der Waals surface area contributed by atoms with Crippen LogP contribution in [-0.2, 0) is 21.6 Å². The zero-order valence-corrected chi connectivity index (χ0v) is 43.8. The number of phenolic OH excluding ortho intramolecular Hbond substituents is 1. The fraction of sp³-hybridized carbons (Fsp3) is 0.882. The van der Waals surface area contributed by atoms with Gasteiger partial charge in [0.25, 0.3) is 0 Å². The Morgan fingerprint density at radius 2 is 0.684 bits per heavy atom. The van der Waals surface area contributed by atoms with Crippen LogP contribution in [0, 0.1) is 0 Å². The Kier molecular flexibility index (Phi) is 36.7. The van der Waals surface area contributed by atoms with E-state index in [4.69, 9.17) is 0 Å². The average molecular weight is 1010 g/mol. The first kappa shape index (κ1) is 57.1. The predicted octanol–water partition coefficient (Wildman–Crippen LogP) is 16.5. The Morgan fingerprint density at radius 3 is 0.895 bits per heavy atom. The molecular weight excluding hydrogens is 917 g/mol. The molecule has 0 fully saturated rings. The van der Waals surface area contributed by atoms with Gasteiger partial charge in [0, 0.05) is 6.16 Å². The van der Waals surface area contributed by atoms with Crippen molar-refractivity contribution < 1.29 is 19.5 Å². The van der Waals surface area contributed by atoms with Crippen LogP contribution in [-0.4, -0.2) is 28.3 Å². The van der Waals surface area contributed by atoms with Gasteiger partial charge < -0.3 is 19.5 Å². The summed E-state index contributed by atoms with van der Waals surface area (Å²) in [4.78, 5) is 22.0. The van der Waals surface area contributed by atoms with Crippen LogP contribution in [0.15, 0.2) is 12.1 Å². The zero-order valence-electron chi connectivity index (χ0n) is 39.5. The minimum absolute atomic E-state index is 0.0825. The molecule has 0 bridgehead atoms. The van der Waals surface area contributed by atoms with Gasteiger partial charge in [-0.1, -0.05) is 139 Å². The second-order valence-corrected chi connectivity index (χ2v) is 26.3. The molecule has 1 N–H and O–H groups in total. The predicted molar refractivity (Wildman–Crippen MR) is 251 cm³/mol. The van der Waals surface area contributed by atoms with Crippen LogP contribution in [0.1, 0.15) is 278 Å². The summed E-state index contributed by atoms with van der Waals surface area (Å²) in [5.74, 6) is 0.181. The summed E-state index contributed by atoms with van der Waals surface area (Å²) in [6.45, 7) is 16.2. The number of hydrogen-bond donors (Lipinski definition) is 1. The first-order chi connectivity index (χ1) is 27.1. The van der Waals surface area contributed by atoms with E-state index in [0.29, 0.717) is 16.7 Å². The molecule has 0 spiro atoms.